The number of methoxy groups -OCH3 is 2. The summed E-state index contributed by atoms with van der Waals surface area (Å²) in [4.78, 5) is 0. The second-order valence-electron chi connectivity index (χ2n) is 5.13. The highest BCUT2D eigenvalue weighted by molar-refractivity contribution is 5.25. The standard InChI is InChI=1S/C16H27NO2/c1-6-13-7-9-14(10-8-13)16(12(2)3)17-11-15(18-4)19-5/h7-10,12,15-17H,6,11H2,1-5H3. The van der Waals surface area contributed by atoms with E-state index in [4.69, 9.17) is 9.47 Å². The monoisotopic (exact) mass is 265 g/mol. The lowest BCUT2D eigenvalue weighted by molar-refractivity contribution is -0.100. The number of nitrogens with one attached hydrogen (secondary N) is 1. The number of rotatable bonds is 8. The topological polar surface area (TPSA) is 30.5 Å². The van der Waals surface area contributed by atoms with Crippen molar-refractivity contribution in [2.24, 2.45) is 5.92 Å². The average molecular weight is 265 g/mol. The Bertz CT molecular complexity index is 344. The summed E-state index contributed by atoms with van der Waals surface area (Å²) in [5, 5.41) is 3.52. The molecule has 3 heteroatoms. The molecule has 1 N–H and O–H groups in total. The second kappa shape index (κ2) is 8.31. The molecule has 1 aromatic rings. The van der Waals surface area contributed by atoms with Gasteiger partial charge in [0.25, 0.3) is 0 Å². The molecule has 0 saturated carbocycles. The second-order valence-corrected chi connectivity index (χ2v) is 5.13. The van der Waals surface area contributed by atoms with Crippen LogP contribution in [-0.4, -0.2) is 27.1 Å². The summed E-state index contributed by atoms with van der Waals surface area (Å²) in [6, 6.07) is 9.15. The average Bonchev–Trinajstić information content (AvgIpc) is 2.43. The lowest BCUT2D eigenvalue weighted by atomic mass is 9.95. The molecule has 0 bridgehead atoms. The van der Waals surface area contributed by atoms with Crippen LogP contribution in [-0.2, 0) is 15.9 Å². The van der Waals surface area contributed by atoms with Crippen molar-refractivity contribution < 1.29 is 9.47 Å². The molecule has 0 saturated heterocycles. The minimum Gasteiger partial charge on any atom is -0.355 e. The number of hydrogen-bond donors (Lipinski definition) is 1. The zero-order valence-electron chi connectivity index (χ0n) is 12.8. The Balaban J connectivity index is 2.70. The molecule has 0 aromatic heterocycles. The molecule has 0 aliphatic heterocycles. The molecule has 19 heavy (non-hydrogen) atoms. The summed E-state index contributed by atoms with van der Waals surface area (Å²) in [5.41, 5.74) is 2.69. The molecule has 0 spiro atoms. The van der Waals surface area contributed by atoms with Crippen LogP contribution in [0.25, 0.3) is 0 Å². The van der Waals surface area contributed by atoms with Crippen molar-refractivity contribution in [3.8, 4) is 0 Å². The van der Waals surface area contributed by atoms with Crippen molar-refractivity contribution >= 4 is 0 Å². The molecule has 0 amide bonds. The van der Waals surface area contributed by atoms with E-state index >= 15 is 0 Å². The van der Waals surface area contributed by atoms with Gasteiger partial charge in [-0.2, -0.15) is 0 Å². The maximum atomic E-state index is 5.22. The van der Waals surface area contributed by atoms with E-state index in [0.717, 1.165) is 6.42 Å². The third kappa shape index (κ3) is 4.94. The first-order valence-electron chi connectivity index (χ1n) is 7.00. The van der Waals surface area contributed by atoms with Crippen molar-refractivity contribution in [1.82, 2.24) is 5.32 Å². The summed E-state index contributed by atoms with van der Waals surface area (Å²) in [7, 11) is 3.33. The Morgan fingerprint density at radius 1 is 1.05 bits per heavy atom. The van der Waals surface area contributed by atoms with Gasteiger partial charge in [0.1, 0.15) is 0 Å². The number of hydrogen-bond acceptors (Lipinski definition) is 3. The Morgan fingerprint density at radius 2 is 1.63 bits per heavy atom. The fourth-order valence-electron chi connectivity index (χ4n) is 2.19. The van der Waals surface area contributed by atoms with Crippen molar-refractivity contribution in [2.75, 3.05) is 20.8 Å². The van der Waals surface area contributed by atoms with Gasteiger partial charge in [-0.1, -0.05) is 45.0 Å². The van der Waals surface area contributed by atoms with Crippen LogP contribution in [0.4, 0.5) is 0 Å². The third-order valence-corrected chi connectivity index (χ3v) is 3.44. The Morgan fingerprint density at radius 3 is 2.05 bits per heavy atom. The van der Waals surface area contributed by atoms with E-state index in [1.807, 2.05) is 0 Å². The van der Waals surface area contributed by atoms with Crippen LogP contribution < -0.4 is 5.32 Å². The molecule has 1 rings (SSSR count). The van der Waals surface area contributed by atoms with Crippen LogP contribution in [0.3, 0.4) is 0 Å². The summed E-state index contributed by atoms with van der Waals surface area (Å²) >= 11 is 0. The fourth-order valence-corrected chi connectivity index (χ4v) is 2.19. The van der Waals surface area contributed by atoms with Crippen LogP contribution >= 0.6 is 0 Å². The van der Waals surface area contributed by atoms with Crippen molar-refractivity contribution in [3.63, 3.8) is 0 Å². The zero-order chi connectivity index (χ0) is 14.3. The van der Waals surface area contributed by atoms with Crippen molar-refractivity contribution in [2.45, 2.75) is 39.5 Å². The van der Waals surface area contributed by atoms with Crippen LogP contribution in [0.5, 0.6) is 0 Å². The van der Waals surface area contributed by atoms with Gasteiger partial charge in [-0.05, 0) is 23.5 Å². The van der Waals surface area contributed by atoms with Gasteiger partial charge in [-0.3, -0.25) is 0 Å². The van der Waals surface area contributed by atoms with Crippen LogP contribution in [0.1, 0.15) is 37.9 Å². The van der Waals surface area contributed by atoms with Gasteiger partial charge in [0, 0.05) is 26.8 Å². The molecule has 0 aliphatic carbocycles. The SMILES string of the molecule is CCc1ccc(C(NCC(OC)OC)C(C)C)cc1. The number of benzene rings is 1. The molecule has 0 aliphatic rings. The zero-order valence-corrected chi connectivity index (χ0v) is 12.8. The van der Waals surface area contributed by atoms with Gasteiger partial charge < -0.3 is 14.8 Å². The first-order chi connectivity index (χ1) is 9.12. The van der Waals surface area contributed by atoms with E-state index in [1.165, 1.54) is 11.1 Å². The van der Waals surface area contributed by atoms with Gasteiger partial charge in [-0.25, -0.2) is 0 Å². The van der Waals surface area contributed by atoms with E-state index in [2.05, 4.69) is 50.4 Å². The molecule has 3 nitrogen and oxygen atoms in total. The smallest absolute Gasteiger partial charge is 0.169 e. The quantitative estimate of drug-likeness (QED) is 0.732. The predicted molar refractivity (Wildman–Crippen MR) is 79.2 cm³/mol. The Kier molecular flexibility index (Phi) is 7.06. The molecular weight excluding hydrogens is 238 g/mol. The lowest BCUT2D eigenvalue weighted by Crippen LogP contribution is -2.34. The molecule has 0 fully saturated rings. The van der Waals surface area contributed by atoms with E-state index in [9.17, 15) is 0 Å². The van der Waals surface area contributed by atoms with Crippen LogP contribution in [0.15, 0.2) is 24.3 Å². The highest BCUT2D eigenvalue weighted by atomic mass is 16.7. The summed E-state index contributed by atoms with van der Waals surface area (Å²) in [5.74, 6) is 0.516. The lowest BCUT2D eigenvalue weighted by Gasteiger charge is -2.25. The number of ether oxygens (including phenoxy) is 2. The van der Waals surface area contributed by atoms with Crippen LogP contribution in [0.2, 0.25) is 0 Å². The normalized spacial score (nSPS) is 13.2. The maximum absolute atomic E-state index is 5.22. The van der Waals surface area contributed by atoms with Crippen molar-refractivity contribution in [3.05, 3.63) is 35.4 Å². The molecular formula is C16H27NO2. The Hall–Kier alpha value is -0.900. The van der Waals surface area contributed by atoms with Gasteiger partial charge in [0.2, 0.25) is 0 Å². The molecule has 1 unspecified atom stereocenters. The minimum atomic E-state index is -0.198. The van der Waals surface area contributed by atoms with Crippen molar-refractivity contribution in [1.29, 1.82) is 0 Å². The minimum absolute atomic E-state index is 0.198. The molecule has 1 atom stereocenters. The predicted octanol–water partition coefficient (Wildman–Crippen LogP) is 3.15. The van der Waals surface area contributed by atoms with Gasteiger partial charge >= 0.3 is 0 Å². The van der Waals surface area contributed by atoms with Gasteiger partial charge in [0.05, 0.1) is 0 Å². The van der Waals surface area contributed by atoms with Gasteiger partial charge in [0.15, 0.2) is 6.29 Å². The highest BCUT2D eigenvalue weighted by Gasteiger charge is 2.17. The van der Waals surface area contributed by atoms with Crippen LogP contribution in [0, 0.1) is 5.92 Å². The van der Waals surface area contributed by atoms with Gasteiger partial charge in [-0.15, -0.1) is 0 Å². The first-order valence-corrected chi connectivity index (χ1v) is 7.00. The van der Waals surface area contributed by atoms with E-state index < -0.39 is 0 Å². The molecule has 0 radical (unpaired) electrons. The summed E-state index contributed by atoms with van der Waals surface area (Å²) < 4.78 is 10.4. The third-order valence-electron chi connectivity index (χ3n) is 3.44. The van der Waals surface area contributed by atoms with E-state index in [-0.39, 0.29) is 6.29 Å². The summed E-state index contributed by atoms with van der Waals surface area (Å²) in [6.07, 6.45) is 0.881. The largest absolute Gasteiger partial charge is 0.355 e. The summed E-state index contributed by atoms with van der Waals surface area (Å²) in [6.45, 7) is 7.31. The maximum Gasteiger partial charge on any atom is 0.169 e. The highest BCUT2D eigenvalue weighted by Crippen LogP contribution is 2.22. The van der Waals surface area contributed by atoms with E-state index in [1.54, 1.807) is 14.2 Å². The molecule has 108 valence electrons. The first kappa shape index (κ1) is 16.2. The fraction of sp³-hybridized carbons (Fsp3) is 0.625. The number of aryl methyl sites for hydroxylation is 1. The van der Waals surface area contributed by atoms with E-state index in [0.29, 0.717) is 18.5 Å². The molecule has 1 aromatic carbocycles. The Labute approximate surface area is 117 Å². The molecule has 0 heterocycles.